The van der Waals surface area contributed by atoms with Crippen LogP contribution in [0.4, 0.5) is 5.69 Å². The highest BCUT2D eigenvalue weighted by molar-refractivity contribution is 6.05. The van der Waals surface area contributed by atoms with Crippen LogP contribution in [0.15, 0.2) is 43.1 Å². The number of aromatic amines is 2. The Bertz CT molecular complexity index is 1630. The van der Waals surface area contributed by atoms with Gasteiger partial charge >= 0.3 is 0 Å². The van der Waals surface area contributed by atoms with Crippen LogP contribution in [0.3, 0.4) is 0 Å². The minimum Gasteiger partial charge on any atom is -0.339 e. The SMILES string of the molecule is CCN(CC)C(=O)c1cncc2[nH]c(-c3n[nH]c4ncc(-c5cncc(NC(=O)CC(C)C)c5)cc34)nc12. The predicted octanol–water partition coefficient (Wildman–Crippen LogP) is 4.42. The molecule has 0 aliphatic rings. The van der Waals surface area contributed by atoms with Crippen molar-refractivity contribution in [1.82, 2.24) is 40.0 Å². The van der Waals surface area contributed by atoms with Gasteiger partial charge in [-0.3, -0.25) is 24.7 Å². The van der Waals surface area contributed by atoms with Crippen LogP contribution in [0.5, 0.6) is 0 Å². The number of hydrogen-bond acceptors (Lipinski definition) is 7. The molecule has 2 amide bonds. The largest absolute Gasteiger partial charge is 0.339 e. The van der Waals surface area contributed by atoms with Gasteiger partial charge in [0.15, 0.2) is 11.5 Å². The highest BCUT2D eigenvalue weighted by Crippen LogP contribution is 2.30. The molecule has 0 saturated carbocycles. The van der Waals surface area contributed by atoms with Crippen molar-refractivity contribution in [2.75, 3.05) is 18.4 Å². The van der Waals surface area contributed by atoms with Crippen LogP contribution in [0.25, 0.3) is 44.7 Å². The van der Waals surface area contributed by atoms with E-state index < -0.39 is 0 Å². The second-order valence-electron chi connectivity index (χ2n) is 9.45. The fourth-order valence-electron chi connectivity index (χ4n) is 4.37. The number of pyridine rings is 3. The van der Waals surface area contributed by atoms with Crippen molar-refractivity contribution in [3.05, 3.63) is 48.7 Å². The Balaban J connectivity index is 1.51. The summed E-state index contributed by atoms with van der Waals surface area (Å²) < 4.78 is 0. The molecule has 5 aromatic rings. The van der Waals surface area contributed by atoms with Crippen LogP contribution in [-0.4, -0.2) is 64.9 Å². The zero-order valence-electron chi connectivity index (χ0n) is 21.7. The normalized spacial score (nSPS) is 11.4. The number of aromatic nitrogens is 7. The van der Waals surface area contributed by atoms with E-state index in [2.05, 4.69) is 35.5 Å². The van der Waals surface area contributed by atoms with Crippen LogP contribution in [0.2, 0.25) is 0 Å². The Hall–Kier alpha value is -4.67. The molecule has 5 rings (SSSR count). The number of imidazole rings is 1. The van der Waals surface area contributed by atoms with Crippen LogP contribution < -0.4 is 5.32 Å². The van der Waals surface area contributed by atoms with Crippen molar-refractivity contribution in [3.8, 4) is 22.6 Å². The third-order valence-corrected chi connectivity index (χ3v) is 6.26. The Morgan fingerprint density at radius 2 is 1.76 bits per heavy atom. The highest BCUT2D eigenvalue weighted by atomic mass is 16.2. The average molecular weight is 512 g/mol. The molecule has 11 heteroatoms. The first-order valence-electron chi connectivity index (χ1n) is 12.6. The second kappa shape index (κ2) is 10.4. The van der Waals surface area contributed by atoms with Gasteiger partial charge in [0.1, 0.15) is 11.2 Å². The summed E-state index contributed by atoms with van der Waals surface area (Å²) in [5.74, 6) is 0.593. The Morgan fingerprint density at radius 3 is 2.53 bits per heavy atom. The zero-order valence-corrected chi connectivity index (χ0v) is 21.7. The van der Waals surface area contributed by atoms with E-state index >= 15 is 0 Å². The molecule has 0 aromatic carbocycles. The summed E-state index contributed by atoms with van der Waals surface area (Å²) >= 11 is 0. The molecule has 0 unspecified atom stereocenters. The average Bonchev–Trinajstić information content (AvgIpc) is 3.52. The number of fused-ring (bicyclic) bond motifs is 2. The van der Waals surface area contributed by atoms with Gasteiger partial charge in [-0.25, -0.2) is 9.97 Å². The molecular formula is C27H29N9O2. The number of carbonyl (C=O) groups is 2. The number of rotatable bonds is 8. The van der Waals surface area contributed by atoms with E-state index in [1.807, 2.05) is 39.8 Å². The molecule has 0 spiro atoms. The highest BCUT2D eigenvalue weighted by Gasteiger charge is 2.21. The lowest BCUT2D eigenvalue weighted by Crippen LogP contribution is -2.30. The van der Waals surface area contributed by atoms with Crippen LogP contribution in [0, 0.1) is 5.92 Å². The number of hydrogen-bond donors (Lipinski definition) is 3. The standard InChI is InChI=1S/C27H29N9O2/c1-5-36(6-2)27(38)20-13-29-14-21-23(20)33-26(32-21)24-19-9-17(11-30-25(19)35-34-24)16-8-18(12-28-10-16)31-22(37)7-15(3)4/h8-15H,5-7H2,1-4H3,(H,31,37)(H,32,33)(H,30,34,35). The molecule has 0 bridgehead atoms. The van der Waals surface area contributed by atoms with E-state index in [-0.39, 0.29) is 17.7 Å². The minimum absolute atomic E-state index is 0.0529. The zero-order chi connectivity index (χ0) is 26.8. The van der Waals surface area contributed by atoms with Gasteiger partial charge in [0, 0.05) is 49.2 Å². The summed E-state index contributed by atoms with van der Waals surface area (Å²) in [7, 11) is 0. The van der Waals surface area contributed by atoms with Crippen molar-refractivity contribution in [1.29, 1.82) is 0 Å². The molecule has 0 aliphatic heterocycles. The molecule has 11 nitrogen and oxygen atoms in total. The van der Waals surface area contributed by atoms with Gasteiger partial charge in [0.05, 0.1) is 34.5 Å². The lowest BCUT2D eigenvalue weighted by molar-refractivity contribution is -0.116. The Morgan fingerprint density at radius 1 is 1.00 bits per heavy atom. The van der Waals surface area contributed by atoms with Gasteiger partial charge < -0.3 is 15.2 Å². The Kier molecular flexibility index (Phi) is 6.82. The van der Waals surface area contributed by atoms with Gasteiger partial charge in [-0.1, -0.05) is 13.8 Å². The monoisotopic (exact) mass is 511 g/mol. The van der Waals surface area contributed by atoms with E-state index in [0.29, 0.717) is 59.0 Å². The number of nitrogens with zero attached hydrogens (tertiary/aromatic N) is 6. The van der Waals surface area contributed by atoms with Gasteiger partial charge in [-0.05, 0) is 31.9 Å². The van der Waals surface area contributed by atoms with Crippen molar-refractivity contribution >= 4 is 39.6 Å². The van der Waals surface area contributed by atoms with Gasteiger partial charge in [-0.2, -0.15) is 5.10 Å². The van der Waals surface area contributed by atoms with Crippen molar-refractivity contribution in [2.45, 2.75) is 34.1 Å². The quantitative estimate of drug-likeness (QED) is 0.279. The molecule has 5 aromatic heterocycles. The second-order valence-corrected chi connectivity index (χ2v) is 9.45. The van der Waals surface area contributed by atoms with E-state index in [9.17, 15) is 9.59 Å². The van der Waals surface area contributed by atoms with Gasteiger partial charge in [-0.15, -0.1) is 0 Å². The van der Waals surface area contributed by atoms with Crippen LogP contribution in [0.1, 0.15) is 44.5 Å². The first-order valence-corrected chi connectivity index (χ1v) is 12.6. The third-order valence-electron chi connectivity index (χ3n) is 6.26. The molecule has 38 heavy (non-hydrogen) atoms. The molecule has 3 N–H and O–H groups in total. The van der Waals surface area contributed by atoms with Crippen molar-refractivity contribution < 1.29 is 9.59 Å². The molecule has 0 atom stereocenters. The maximum Gasteiger partial charge on any atom is 0.257 e. The Labute approximate surface area is 219 Å². The fourth-order valence-corrected chi connectivity index (χ4v) is 4.37. The number of anilines is 1. The van der Waals surface area contributed by atoms with E-state index in [0.717, 1.165) is 16.5 Å². The lowest BCUT2D eigenvalue weighted by atomic mass is 10.1. The smallest absolute Gasteiger partial charge is 0.257 e. The van der Waals surface area contributed by atoms with Crippen molar-refractivity contribution in [3.63, 3.8) is 0 Å². The molecule has 0 saturated heterocycles. The molecule has 0 aliphatic carbocycles. The van der Waals surface area contributed by atoms with E-state index in [1.165, 1.54) is 0 Å². The third kappa shape index (κ3) is 4.82. The number of nitrogens with one attached hydrogen (secondary N) is 3. The number of H-pyrrole nitrogens is 2. The molecule has 0 radical (unpaired) electrons. The van der Waals surface area contributed by atoms with Crippen LogP contribution in [-0.2, 0) is 4.79 Å². The van der Waals surface area contributed by atoms with Gasteiger partial charge in [0.25, 0.3) is 5.91 Å². The predicted molar refractivity (Wildman–Crippen MR) is 145 cm³/mol. The minimum atomic E-state index is -0.116. The number of carbonyl (C=O) groups excluding carboxylic acids is 2. The van der Waals surface area contributed by atoms with E-state index in [4.69, 9.17) is 4.98 Å². The first-order chi connectivity index (χ1) is 18.4. The maximum absolute atomic E-state index is 13.0. The number of amides is 2. The molecule has 5 heterocycles. The van der Waals surface area contributed by atoms with Gasteiger partial charge in [0.2, 0.25) is 5.91 Å². The first kappa shape index (κ1) is 25.0. The van der Waals surface area contributed by atoms with Crippen LogP contribution >= 0.6 is 0 Å². The summed E-state index contributed by atoms with van der Waals surface area (Å²) in [6.45, 7) is 9.07. The summed E-state index contributed by atoms with van der Waals surface area (Å²) in [5.41, 5.74) is 5.02. The summed E-state index contributed by atoms with van der Waals surface area (Å²) in [5, 5.41) is 11.1. The summed E-state index contributed by atoms with van der Waals surface area (Å²) in [4.78, 5) is 48.1. The van der Waals surface area contributed by atoms with Crippen molar-refractivity contribution in [2.24, 2.45) is 5.92 Å². The lowest BCUT2D eigenvalue weighted by Gasteiger charge is -2.18. The fraction of sp³-hybridized carbons (Fsp3) is 0.296. The molecule has 0 fully saturated rings. The molecular weight excluding hydrogens is 482 g/mol. The summed E-state index contributed by atoms with van der Waals surface area (Å²) in [6.07, 6.45) is 8.70. The molecule has 194 valence electrons. The summed E-state index contributed by atoms with van der Waals surface area (Å²) in [6, 6.07) is 3.82. The van der Waals surface area contributed by atoms with E-state index in [1.54, 1.807) is 35.9 Å². The topological polar surface area (TPSA) is 145 Å². The maximum atomic E-state index is 13.0.